The zero-order valence-electron chi connectivity index (χ0n) is 9.49. The third kappa shape index (κ3) is 3.05. The Morgan fingerprint density at radius 1 is 1.40 bits per heavy atom. The molecule has 0 fully saturated rings. The normalized spacial score (nSPS) is 10.3. The Morgan fingerprint density at radius 3 is 2.67 bits per heavy atom. The maximum atomic E-state index is 11.9. The summed E-state index contributed by atoms with van der Waals surface area (Å²) in [6.07, 6.45) is 3.11. The summed E-state index contributed by atoms with van der Waals surface area (Å²) in [7, 11) is 0. The standard InChI is InChI=1S/C14H18O/c1-4-5-10-14(15)13-9-7-6-8-12(13)11(2)3/h4,6-9,11H,1,5,10H2,2-3H3. The van der Waals surface area contributed by atoms with E-state index in [9.17, 15) is 4.79 Å². The molecule has 0 unspecified atom stereocenters. The van der Waals surface area contributed by atoms with Gasteiger partial charge in [0.2, 0.25) is 0 Å². The first kappa shape index (κ1) is 11.7. The predicted octanol–water partition coefficient (Wildman–Crippen LogP) is 3.96. The minimum Gasteiger partial charge on any atom is -0.294 e. The van der Waals surface area contributed by atoms with E-state index >= 15 is 0 Å². The van der Waals surface area contributed by atoms with Crippen LogP contribution in [0.2, 0.25) is 0 Å². The van der Waals surface area contributed by atoms with Gasteiger partial charge in [-0.2, -0.15) is 0 Å². The topological polar surface area (TPSA) is 17.1 Å². The molecule has 15 heavy (non-hydrogen) atoms. The Balaban J connectivity index is 2.92. The van der Waals surface area contributed by atoms with Gasteiger partial charge in [-0.25, -0.2) is 0 Å². The molecule has 0 aliphatic rings. The van der Waals surface area contributed by atoms with E-state index in [4.69, 9.17) is 0 Å². The first-order valence-corrected chi connectivity index (χ1v) is 5.39. The molecule has 0 aliphatic carbocycles. The van der Waals surface area contributed by atoms with E-state index in [0.717, 1.165) is 17.5 Å². The summed E-state index contributed by atoms with van der Waals surface area (Å²) in [4.78, 5) is 11.9. The van der Waals surface area contributed by atoms with Gasteiger partial charge >= 0.3 is 0 Å². The number of hydrogen-bond acceptors (Lipinski definition) is 1. The number of allylic oxidation sites excluding steroid dienone is 1. The minimum absolute atomic E-state index is 0.221. The van der Waals surface area contributed by atoms with Crippen LogP contribution >= 0.6 is 0 Å². The van der Waals surface area contributed by atoms with E-state index in [-0.39, 0.29) is 5.78 Å². The van der Waals surface area contributed by atoms with Crippen molar-refractivity contribution in [1.82, 2.24) is 0 Å². The summed E-state index contributed by atoms with van der Waals surface area (Å²) in [5.74, 6) is 0.619. The lowest BCUT2D eigenvalue weighted by atomic mass is 9.93. The highest BCUT2D eigenvalue weighted by Gasteiger charge is 2.11. The fourth-order valence-corrected chi connectivity index (χ4v) is 1.62. The van der Waals surface area contributed by atoms with Crippen LogP contribution in [0.15, 0.2) is 36.9 Å². The van der Waals surface area contributed by atoms with Crippen molar-refractivity contribution in [1.29, 1.82) is 0 Å². The summed E-state index contributed by atoms with van der Waals surface area (Å²) in [5.41, 5.74) is 2.01. The Bertz CT molecular complexity index is 350. The van der Waals surface area contributed by atoms with Crippen LogP contribution in [0.4, 0.5) is 0 Å². The van der Waals surface area contributed by atoms with Crippen molar-refractivity contribution < 1.29 is 4.79 Å². The van der Waals surface area contributed by atoms with E-state index in [1.54, 1.807) is 6.08 Å². The molecule has 0 saturated heterocycles. The third-order valence-corrected chi connectivity index (χ3v) is 2.46. The molecular weight excluding hydrogens is 184 g/mol. The summed E-state index contributed by atoms with van der Waals surface area (Å²) >= 11 is 0. The number of hydrogen-bond donors (Lipinski definition) is 0. The second-order valence-corrected chi connectivity index (χ2v) is 3.99. The monoisotopic (exact) mass is 202 g/mol. The largest absolute Gasteiger partial charge is 0.294 e. The van der Waals surface area contributed by atoms with Gasteiger partial charge in [-0.1, -0.05) is 44.2 Å². The van der Waals surface area contributed by atoms with E-state index < -0.39 is 0 Å². The molecule has 0 spiro atoms. The molecule has 0 heterocycles. The van der Waals surface area contributed by atoms with Gasteiger partial charge in [-0.3, -0.25) is 4.79 Å². The minimum atomic E-state index is 0.221. The first-order chi connectivity index (χ1) is 7.16. The smallest absolute Gasteiger partial charge is 0.163 e. The number of carbonyl (C=O) groups is 1. The van der Waals surface area contributed by atoms with Gasteiger partial charge in [-0.05, 0) is 17.9 Å². The number of rotatable bonds is 5. The summed E-state index contributed by atoms with van der Waals surface area (Å²) in [6, 6.07) is 7.86. The Morgan fingerprint density at radius 2 is 2.07 bits per heavy atom. The summed E-state index contributed by atoms with van der Waals surface area (Å²) < 4.78 is 0. The van der Waals surface area contributed by atoms with E-state index in [1.807, 2.05) is 24.3 Å². The summed E-state index contributed by atoms with van der Waals surface area (Å²) in [5, 5.41) is 0. The predicted molar refractivity (Wildman–Crippen MR) is 64.3 cm³/mol. The van der Waals surface area contributed by atoms with E-state index in [0.29, 0.717) is 12.3 Å². The van der Waals surface area contributed by atoms with Crippen LogP contribution in [0.25, 0.3) is 0 Å². The number of benzene rings is 1. The first-order valence-electron chi connectivity index (χ1n) is 5.39. The maximum absolute atomic E-state index is 11.9. The van der Waals surface area contributed by atoms with E-state index in [2.05, 4.69) is 20.4 Å². The van der Waals surface area contributed by atoms with Crippen LogP contribution in [0, 0.1) is 0 Å². The van der Waals surface area contributed by atoms with Crippen LogP contribution in [-0.4, -0.2) is 5.78 Å². The molecule has 1 aromatic rings. The molecule has 0 aliphatic heterocycles. The van der Waals surface area contributed by atoms with Crippen molar-refractivity contribution in [3.8, 4) is 0 Å². The SMILES string of the molecule is C=CCCC(=O)c1ccccc1C(C)C. The molecule has 0 atom stereocenters. The number of ketones is 1. The molecule has 0 amide bonds. The van der Waals surface area contributed by atoms with Gasteiger partial charge < -0.3 is 0 Å². The van der Waals surface area contributed by atoms with Crippen LogP contribution in [0.3, 0.4) is 0 Å². The number of carbonyl (C=O) groups excluding carboxylic acids is 1. The molecule has 0 radical (unpaired) electrons. The van der Waals surface area contributed by atoms with Crippen LogP contribution in [0.5, 0.6) is 0 Å². The lowest BCUT2D eigenvalue weighted by Crippen LogP contribution is -2.04. The average molecular weight is 202 g/mol. The van der Waals surface area contributed by atoms with E-state index in [1.165, 1.54) is 0 Å². The van der Waals surface area contributed by atoms with Gasteiger partial charge in [0.25, 0.3) is 0 Å². The molecular formula is C14H18O. The summed E-state index contributed by atoms with van der Waals surface area (Å²) in [6.45, 7) is 7.85. The van der Waals surface area contributed by atoms with Crippen LogP contribution in [-0.2, 0) is 0 Å². The molecule has 80 valence electrons. The van der Waals surface area contributed by atoms with Gasteiger partial charge in [0.15, 0.2) is 5.78 Å². The second kappa shape index (κ2) is 5.50. The highest BCUT2D eigenvalue weighted by atomic mass is 16.1. The Kier molecular flexibility index (Phi) is 4.29. The maximum Gasteiger partial charge on any atom is 0.163 e. The van der Waals surface area contributed by atoms with Gasteiger partial charge in [-0.15, -0.1) is 6.58 Å². The highest BCUT2D eigenvalue weighted by Crippen LogP contribution is 2.20. The third-order valence-electron chi connectivity index (χ3n) is 2.46. The number of Topliss-reactive ketones (excluding diaryl/α,β-unsaturated/α-hetero) is 1. The molecule has 0 saturated carbocycles. The second-order valence-electron chi connectivity index (χ2n) is 3.99. The van der Waals surface area contributed by atoms with Crippen LogP contribution in [0.1, 0.15) is 48.5 Å². The Hall–Kier alpha value is -1.37. The lowest BCUT2D eigenvalue weighted by Gasteiger charge is -2.10. The van der Waals surface area contributed by atoms with Gasteiger partial charge in [0, 0.05) is 12.0 Å². The van der Waals surface area contributed by atoms with Gasteiger partial charge in [0.1, 0.15) is 0 Å². The van der Waals surface area contributed by atoms with Crippen molar-refractivity contribution in [2.75, 3.05) is 0 Å². The zero-order chi connectivity index (χ0) is 11.3. The van der Waals surface area contributed by atoms with Crippen LogP contribution < -0.4 is 0 Å². The molecule has 0 aromatic heterocycles. The molecule has 1 nitrogen and oxygen atoms in total. The molecule has 1 aromatic carbocycles. The van der Waals surface area contributed by atoms with Crippen molar-refractivity contribution in [3.63, 3.8) is 0 Å². The van der Waals surface area contributed by atoms with Gasteiger partial charge in [0.05, 0.1) is 0 Å². The average Bonchev–Trinajstić information content (AvgIpc) is 2.25. The Labute approximate surface area is 91.8 Å². The van der Waals surface area contributed by atoms with Crippen molar-refractivity contribution >= 4 is 5.78 Å². The molecule has 0 N–H and O–H groups in total. The quantitative estimate of drug-likeness (QED) is 0.521. The molecule has 1 rings (SSSR count). The molecule has 0 bridgehead atoms. The van der Waals surface area contributed by atoms with Crippen molar-refractivity contribution in [2.24, 2.45) is 0 Å². The zero-order valence-corrected chi connectivity index (χ0v) is 9.49. The fourth-order valence-electron chi connectivity index (χ4n) is 1.62. The highest BCUT2D eigenvalue weighted by molar-refractivity contribution is 5.97. The van der Waals surface area contributed by atoms with Crippen molar-refractivity contribution in [2.45, 2.75) is 32.6 Å². The van der Waals surface area contributed by atoms with Crippen molar-refractivity contribution in [3.05, 3.63) is 48.0 Å². The molecule has 1 heteroatoms. The fraction of sp³-hybridized carbons (Fsp3) is 0.357. The lowest BCUT2D eigenvalue weighted by molar-refractivity contribution is 0.0982.